The molecule has 0 spiro atoms. The SMILES string of the molecule is O=C1CN(Cc2ccc(Cl)cc2Cl)C(=O)[N]1. The van der Waals surface area contributed by atoms with Crippen molar-refractivity contribution in [1.82, 2.24) is 10.2 Å². The summed E-state index contributed by atoms with van der Waals surface area (Å²) in [6.45, 7) is 0.280. The van der Waals surface area contributed by atoms with E-state index < -0.39 is 11.9 Å². The van der Waals surface area contributed by atoms with Crippen LogP contribution in [0.3, 0.4) is 0 Å². The predicted octanol–water partition coefficient (Wildman–Crippen LogP) is 2.06. The van der Waals surface area contributed by atoms with Crippen molar-refractivity contribution in [1.29, 1.82) is 0 Å². The molecule has 6 heteroatoms. The highest BCUT2D eigenvalue weighted by Gasteiger charge is 2.29. The molecule has 0 bridgehead atoms. The van der Waals surface area contributed by atoms with Crippen LogP contribution in [0.5, 0.6) is 0 Å². The van der Waals surface area contributed by atoms with Crippen LogP contribution >= 0.6 is 23.2 Å². The maximum Gasteiger partial charge on any atom is 0.347 e. The minimum Gasteiger partial charge on any atom is -0.309 e. The van der Waals surface area contributed by atoms with Crippen LogP contribution in [-0.2, 0) is 11.3 Å². The van der Waals surface area contributed by atoms with Crippen molar-refractivity contribution in [3.8, 4) is 0 Å². The highest BCUT2D eigenvalue weighted by molar-refractivity contribution is 6.35. The first-order valence-corrected chi connectivity index (χ1v) is 5.29. The molecule has 1 radical (unpaired) electrons. The number of urea groups is 1. The average molecular weight is 258 g/mol. The number of nitrogens with zero attached hydrogens (tertiary/aromatic N) is 2. The lowest BCUT2D eigenvalue weighted by molar-refractivity contribution is -0.118. The van der Waals surface area contributed by atoms with Gasteiger partial charge in [-0.15, -0.1) is 0 Å². The Labute approximate surface area is 102 Å². The molecule has 0 saturated carbocycles. The summed E-state index contributed by atoms with van der Waals surface area (Å²) in [4.78, 5) is 23.5. The zero-order valence-corrected chi connectivity index (χ0v) is 9.62. The minimum atomic E-state index is -0.518. The van der Waals surface area contributed by atoms with Gasteiger partial charge in [0.2, 0.25) is 0 Å². The van der Waals surface area contributed by atoms with Crippen molar-refractivity contribution in [2.75, 3.05) is 6.54 Å². The van der Waals surface area contributed by atoms with E-state index >= 15 is 0 Å². The van der Waals surface area contributed by atoms with Crippen molar-refractivity contribution in [3.05, 3.63) is 33.8 Å². The van der Waals surface area contributed by atoms with Gasteiger partial charge < -0.3 is 4.90 Å². The minimum absolute atomic E-state index is 0.0117. The van der Waals surface area contributed by atoms with Crippen LogP contribution in [0.25, 0.3) is 0 Å². The zero-order valence-electron chi connectivity index (χ0n) is 8.11. The largest absolute Gasteiger partial charge is 0.347 e. The van der Waals surface area contributed by atoms with Crippen LogP contribution in [0.2, 0.25) is 10.0 Å². The molecule has 16 heavy (non-hydrogen) atoms. The third-order valence-electron chi connectivity index (χ3n) is 2.19. The average Bonchev–Trinajstić information content (AvgIpc) is 2.50. The summed E-state index contributed by atoms with van der Waals surface area (Å²) < 4.78 is 0. The lowest BCUT2D eigenvalue weighted by atomic mass is 10.2. The molecule has 1 aromatic carbocycles. The molecule has 0 unspecified atom stereocenters. The van der Waals surface area contributed by atoms with Gasteiger partial charge in [-0.1, -0.05) is 29.3 Å². The van der Waals surface area contributed by atoms with E-state index in [1.54, 1.807) is 18.2 Å². The first-order valence-electron chi connectivity index (χ1n) is 4.53. The van der Waals surface area contributed by atoms with Gasteiger partial charge in [0, 0.05) is 16.6 Å². The fraction of sp³-hybridized carbons (Fsp3) is 0.200. The van der Waals surface area contributed by atoms with Gasteiger partial charge in [0.15, 0.2) is 0 Å². The van der Waals surface area contributed by atoms with Crippen molar-refractivity contribution in [2.45, 2.75) is 6.54 Å². The molecule has 1 saturated heterocycles. The molecular formula is C10H7Cl2N2O2. The van der Waals surface area contributed by atoms with E-state index in [-0.39, 0.29) is 13.1 Å². The molecule has 0 N–H and O–H groups in total. The molecular weight excluding hydrogens is 251 g/mol. The summed E-state index contributed by atoms with van der Waals surface area (Å²) in [6.07, 6.45) is 0. The van der Waals surface area contributed by atoms with E-state index in [9.17, 15) is 9.59 Å². The van der Waals surface area contributed by atoms with Crippen LogP contribution in [0.1, 0.15) is 5.56 Å². The summed E-state index contributed by atoms with van der Waals surface area (Å²) in [5.41, 5.74) is 0.740. The molecule has 2 rings (SSSR count). The summed E-state index contributed by atoms with van der Waals surface area (Å²) in [5.74, 6) is -0.421. The predicted molar refractivity (Wildman–Crippen MR) is 59.4 cm³/mol. The normalized spacial score (nSPS) is 15.5. The van der Waals surface area contributed by atoms with Gasteiger partial charge in [-0.05, 0) is 17.7 Å². The first kappa shape index (κ1) is 11.2. The first-order chi connectivity index (χ1) is 7.56. The molecule has 1 fully saturated rings. The number of carbonyl (C=O) groups is 2. The van der Waals surface area contributed by atoms with Crippen molar-refractivity contribution >= 4 is 35.1 Å². The molecule has 4 nitrogen and oxygen atoms in total. The third kappa shape index (κ3) is 2.28. The summed E-state index contributed by atoms with van der Waals surface area (Å²) in [6, 6.07) is 4.48. The number of benzene rings is 1. The Morgan fingerprint density at radius 1 is 1.31 bits per heavy atom. The number of imide groups is 1. The van der Waals surface area contributed by atoms with Gasteiger partial charge in [-0.2, -0.15) is 5.32 Å². The Balaban J connectivity index is 2.15. The number of hydrogen-bond donors (Lipinski definition) is 0. The van der Waals surface area contributed by atoms with E-state index in [0.29, 0.717) is 10.0 Å². The highest BCUT2D eigenvalue weighted by atomic mass is 35.5. The number of carbonyl (C=O) groups excluding carboxylic acids is 2. The number of halogens is 2. The number of rotatable bonds is 2. The third-order valence-corrected chi connectivity index (χ3v) is 2.78. The fourth-order valence-electron chi connectivity index (χ4n) is 1.42. The molecule has 3 amide bonds. The Morgan fingerprint density at radius 2 is 2.06 bits per heavy atom. The summed E-state index contributed by atoms with van der Waals surface area (Å²) >= 11 is 11.7. The molecule has 0 atom stereocenters. The lowest BCUT2D eigenvalue weighted by Crippen LogP contribution is -2.25. The van der Waals surface area contributed by atoms with Crippen LogP contribution in [-0.4, -0.2) is 23.4 Å². The summed E-state index contributed by atoms with van der Waals surface area (Å²) in [7, 11) is 0. The lowest BCUT2D eigenvalue weighted by Gasteiger charge is -2.13. The van der Waals surface area contributed by atoms with E-state index in [1.807, 2.05) is 0 Å². The maximum absolute atomic E-state index is 11.2. The molecule has 1 aliphatic heterocycles. The fourth-order valence-corrected chi connectivity index (χ4v) is 1.89. The quantitative estimate of drug-likeness (QED) is 0.762. The second-order valence-corrected chi connectivity index (χ2v) is 4.22. The van der Waals surface area contributed by atoms with Gasteiger partial charge in [-0.3, -0.25) is 4.79 Å². The van der Waals surface area contributed by atoms with Crippen LogP contribution in [0.15, 0.2) is 18.2 Å². The van der Waals surface area contributed by atoms with Crippen molar-refractivity contribution < 1.29 is 9.59 Å². The molecule has 1 aromatic rings. The standard InChI is InChI=1S/C10H7Cl2N2O2/c11-7-2-1-6(8(12)3-7)4-14-5-9(15)13-10(14)16/h1-3H,4-5H2. The monoisotopic (exact) mass is 257 g/mol. The maximum atomic E-state index is 11.2. The van der Waals surface area contributed by atoms with E-state index in [4.69, 9.17) is 23.2 Å². The summed E-state index contributed by atoms with van der Waals surface area (Å²) in [5, 5.41) is 4.29. The Kier molecular flexibility index (Phi) is 3.03. The van der Waals surface area contributed by atoms with Crippen molar-refractivity contribution in [2.24, 2.45) is 0 Å². The van der Waals surface area contributed by atoms with E-state index in [2.05, 4.69) is 5.32 Å². The van der Waals surface area contributed by atoms with Gasteiger partial charge >= 0.3 is 6.03 Å². The molecule has 0 aliphatic carbocycles. The molecule has 1 aliphatic rings. The van der Waals surface area contributed by atoms with Gasteiger partial charge in [0.25, 0.3) is 5.91 Å². The molecule has 0 aromatic heterocycles. The molecule has 1 heterocycles. The second kappa shape index (κ2) is 4.31. The Hall–Kier alpha value is -1.26. The molecule has 83 valence electrons. The van der Waals surface area contributed by atoms with Crippen LogP contribution in [0, 0.1) is 0 Å². The van der Waals surface area contributed by atoms with Crippen LogP contribution < -0.4 is 5.32 Å². The Morgan fingerprint density at radius 3 is 2.62 bits per heavy atom. The van der Waals surface area contributed by atoms with Crippen molar-refractivity contribution in [3.63, 3.8) is 0 Å². The second-order valence-electron chi connectivity index (χ2n) is 3.38. The Bertz CT molecular complexity index is 462. The van der Waals surface area contributed by atoms with Gasteiger partial charge in [-0.25, -0.2) is 4.79 Å². The van der Waals surface area contributed by atoms with Gasteiger partial charge in [0.05, 0.1) is 0 Å². The zero-order chi connectivity index (χ0) is 11.7. The smallest absolute Gasteiger partial charge is 0.309 e. The number of hydrogen-bond acceptors (Lipinski definition) is 2. The van der Waals surface area contributed by atoms with Crippen LogP contribution in [0.4, 0.5) is 4.79 Å². The number of amides is 3. The van der Waals surface area contributed by atoms with Gasteiger partial charge in [0.1, 0.15) is 6.54 Å². The van der Waals surface area contributed by atoms with E-state index in [0.717, 1.165) is 5.56 Å². The topological polar surface area (TPSA) is 51.5 Å². The van der Waals surface area contributed by atoms with E-state index in [1.165, 1.54) is 4.90 Å². The highest BCUT2D eigenvalue weighted by Crippen LogP contribution is 2.22.